The Morgan fingerprint density at radius 2 is 1.34 bits per heavy atom. The molecule has 0 saturated carbocycles. The van der Waals surface area contributed by atoms with E-state index in [-0.39, 0.29) is 24.5 Å². The highest BCUT2D eigenvalue weighted by Gasteiger charge is 2.34. The lowest BCUT2D eigenvalue weighted by molar-refractivity contribution is -0.146. The van der Waals surface area contributed by atoms with Crippen LogP contribution in [0.2, 0.25) is 0 Å². The molecule has 6 atom stereocenters. The molecule has 1 rings (SSSR count). The fourth-order valence-electron chi connectivity index (χ4n) is 3.25. The summed E-state index contributed by atoms with van der Waals surface area (Å²) in [6.07, 6.45) is -2.49. The van der Waals surface area contributed by atoms with E-state index in [1.54, 1.807) is 12.1 Å². The number of aliphatic hydroxyl groups excluding tert-OH is 2. The molecule has 6 unspecified atom stereocenters. The molecule has 9 N–H and O–H groups in total. The average molecular weight is 497 g/mol. The number of hydrogen-bond donors (Lipinski definition) is 8. The maximum atomic E-state index is 13.0. The summed E-state index contributed by atoms with van der Waals surface area (Å²) in [4.78, 5) is 49.4. The fourth-order valence-corrected chi connectivity index (χ4v) is 3.25. The fraction of sp³-hybridized carbons (Fsp3) is 0.565. The van der Waals surface area contributed by atoms with Crippen LogP contribution in [0.1, 0.15) is 39.7 Å². The van der Waals surface area contributed by atoms with Crippen molar-refractivity contribution in [1.82, 2.24) is 16.0 Å². The number of hydrogen-bond acceptors (Lipinski definition) is 8. The minimum Gasteiger partial charge on any atom is -0.508 e. The van der Waals surface area contributed by atoms with Gasteiger partial charge in [0.25, 0.3) is 0 Å². The molecule has 0 aliphatic rings. The third kappa shape index (κ3) is 9.89. The number of carbonyl (C=O) groups is 4. The molecule has 0 aliphatic heterocycles. The zero-order valence-electron chi connectivity index (χ0n) is 20.3. The van der Waals surface area contributed by atoms with E-state index in [0.29, 0.717) is 5.56 Å². The lowest BCUT2D eigenvalue weighted by atomic mass is 10.0. The maximum Gasteiger partial charge on any atom is 0.328 e. The Labute approximate surface area is 203 Å². The quantitative estimate of drug-likeness (QED) is 0.161. The molecule has 35 heavy (non-hydrogen) atoms. The van der Waals surface area contributed by atoms with E-state index in [2.05, 4.69) is 16.0 Å². The van der Waals surface area contributed by atoms with E-state index < -0.39 is 60.1 Å². The molecule has 1 aromatic rings. The maximum absolute atomic E-state index is 13.0. The minimum absolute atomic E-state index is 0.0372. The largest absolute Gasteiger partial charge is 0.508 e. The van der Waals surface area contributed by atoms with Gasteiger partial charge in [0.1, 0.15) is 17.8 Å². The predicted octanol–water partition coefficient (Wildman–Crippen LogP) is -1.39. The summed E-state index contributed by atoms with van der Waals surface area (Å²) < 4.78 is 0. The van der Waals surface area contributed by atoms with Gasteiger partial charge in [-0.25, -0.2) is 4.79 Å². The number of aliphatic carboxylic acids is 1. The topological polar surface area (TPSA) is 211 Å². The number of carboxylic acids is 1. The van der Waals surface area contributed by atoms with Crippen molar-refractivity contribution >= 4 is 23.7 Å². The number of benzene rings is 1. The summed E-state index contributed by atoms with van der Waals surface area (Å²) in [5.74, 6) is -3.85. The first-order valence-corrected chi connectivity index (χ1v) is 11.3. The van der Waals surface area contributed by atoms with Gasteiger partial charge in [-0.15, -0.1) is 0 Å². The second-order valence-corrected chi connectivity index (χ2v) is 8.96. The number of nitrogens with one attached hydrogen (secondary N) is 3. The highest BCUT2D eigenvalue weighted by molar-refractivity contribution is 5.94. The average Bonchev–Trinajstić information content (AvgIpc) is 2.75. The van der Waals surface area contributed by atoms with Crippen LogP contribution in [-0.4, -0.2) is 80.5 Å². The first kappa shape index (κ1) is 29.8. The number of phenolic OH excluding ortho intramolecular Hbond substituents is 1. The van der Waals surface area contributed by atoms with Crippen LogP contribution in [0, 0.1) is 5.92 Å². The van der Waals surface area contributed by atoms with E-state index in [4.69, 9.17) is 10.8 Å². The SMILES string of the molecule is CC(C)CC(NC(=O)C(N)Cc1ccc(O)cc1)C(=O)NC(C(=O)NC(C(=O)O)C(C)O)C(C)O. The molecule has 0 aliphatic carbocycles. The first-order chi connectivity index (χ1) is 16.2. The Bertz CT molecular complexity index is 873. The number of phenols is 1. The molecule has 0 radical (unpaired) electrons. The Morgan fingerprint density at radius 3 is 1.80 bits per heavy atom. The van der Waals surface area contributed by atoms with Gasteiger partial charge in [-0.1, -0.05) is 26.0 Å². The van der Waals surface area contributed by atoms with Gasteiger partial charge >= 0.3 is 5.97 Å². The standard InChI is InChI=1S/C23H36N4O8/c1-11(2)9-17(25-20(31)16(24)10-14-5-7-15(30)8-6-14)21(32)26-18(12(3)28)22(33)27-19(13(4)29)23(34)35/h5-8,11-13,16-19,28-30H,9-10,24H2,1-4H3,(H,25,31)(H,26,32)(H,27,33)(H,34,35). The molecule has 0 saturated heterocycles. The number of carboxylic acid groups (broad SMARTS) is 1. The Balaban J connectivity index is 2.93. The van der Waals surface area contributed by atoms with Gasteiger partial charge in [-0.2, -0.15) is 0 Å². The number of rotatable bonds is 13. The Morgan fingerprint density at radius 1 is 0.829 bits per heavy atom. The van der Waals surface area contributed by atoms with Crippen molar-refractivity contribution < 1.29 is 39.6 Å². The normalized spacial score (nSPS) is 16.3. The van der Waals surface area contributed by atoms with Crippen molar-refractivity contribution in [2.45, 2.75) is 76.9 Å². The molecule has 0 aromatic heterocycles. The van der Waals surface area contributed by atoms with Crippen molar-refractivity contribution in [1.29, 1.82) is 0 Å². The molecule has 0 heterocycles. The number of carbonyl (C=O) groups excluding carboxylic acids is 3. The molecule has 0 bridgehead atoms. The van der Waals surface area contributed by atoms with E-state index >= 15 is 0 Å². The van der Waals surface area contributed by atoms with Gasteiger partial charge < -0.3 is 42.1 Å². The minimum atomic E-state index is -1.65. The number of nitrogens with two attached hydrogens (primary N) is 1. The van der Waals surface area contributed by atoms with Gasteiger partial charge in [-0.3, -0.25) is 14.4 Å². The van der Waals surface area contributed by atoms with Crippen molar-refractivity contribution in [3.05, 3.63) is 29.8 Å². The Hall–Kier alpha value is -3.22. The van der Waals surface area contributed by atoms with Crippen LogP contribution in [0.4, 0.5) is 0 Å². The molecule has 12 heteroatoms. The predicted molar refractivity (Wildman–Crippen MR) is 126 cm³/mol. The van der Waals surface area contributed by atoms with E-state index in [1.807, 2.05) is 13.8 Å². The van der Waals surface area contributed by atoms with E-state index in [1.165, 1.54) is 26.0 Å². The highest BCUT2D eigenvalue weighted by atomic mass is 16.4. The third-order valence-corrected chi connectivity index (χ3v) is 5.18. The van der Waals surface area contributed by atoms with Crippen LogP contribution in [-0.2, 0) is 25.6 Å². The summed E-state index contributed by atoms with van der Waals surface area (Å²) in [6, 6.07) is 0.875. The number of aliphatic hydroxyl groups is 2. The lowest BCUT2D eigenvalue weighted by Gasteiger charge is -2.27. The molecule has 0 spiro atoms. The molecule has 12 nitrogen and oxygen atoms in total. The summed E-state index contributed by atoms with van der Waals surface area (Å²) in [7, 11) is 0. The Kier molecular flexibility index (Phi) is 11.6. The number of aromatic hydroxyl groups is 1. The van der Waals surface area contributed by atoms with Crippen molar-refractivity contribution in [2.24, 2.45) is 11.7 Å². The van der Waals surface area contributed by atoms with Gasteiger partial charge in [-0.05, 0) is 50.3 Å². The smallest absolute Gasteiger partial charge is 0.328 e. The summed E-state index contributed by atoms with van der Waals surface area (Å²) in [5, 5.41) is 45.1. The molecule has 1 aromatic carbocycles. The van der Waals surface area contributed by atoms with Crippen LogP contribution in [0.3, 0.4) is 0 Å². The molecular weight excluding hydrogens is 460 g/mol. The monoisotopic (exact) mass is 496 g/mol. The first-order valence-electron chi connectivity index (χ1n) is 11.3. The summed E-state index contributed by atoms with van der Waals surface area (Å²) >= 11 is 0. The zero-order chi connectivity index (χ0) is 26.9. The van der Waals surface area contributed by atoms with E-state index in [0.717, 1.165) is 0 Å². The zero-order valence-corrected chi connectivity index (χ0v) is 20.3. The van der Waals surface area contributed by atoms with Crippen LogP contribution in [0.5, 0.6) is 5.75 Å². The van der Waals surface area contributed by atoms with Crippen LogP contribution in [0.15, 0.2) is 24.3 Å². The van der Waals surface area contributed by atoms with Gasteiger partial charge in [0.15, 0.2) is 6.04 Å². The van der Waals surface area contributed by atoms with Crippen LogP contribution < -0.4 is 21.7 Å². The van der Waals surface area contributed by atoms with E-state index in [9.17, 15) is 34.5 Å². The number of amides is 3. The molecular formula is C23H36N4O8. The third-order valence-electron chi connectivity index (χ3n) is 5.18. The van der Waals surface area contributed by atoms with Crippen molar-refractivity contribution in [3.8, 4) is 5.75 Å². The summed E-state index contributed by atoms with van der Waals surface area (Å²) in [5.41, 5.74) is 6.69. The van der Waals surface area contributed by atoms with Crippen LogP contribution >= 0.6 is 0 Å². The molecule has 196 valence electrons. The van der Waals surface area contributed by atoms with Crippen LogP contribution in [0.25, 0.3) is 0 Å². The molecule has 3 amide bonds. The summed E-state index contributed by atoms with van der Waals surface area (Å²) in [6.45, 7) is 6.04. The second kappa shape index (κ2) is 13.6. The van der Waals surface area contributed by atoms with Gasteiger partial charge in [0.2, 0.25) is 17.7 Å². The molecule has 0 fully saturated rings. The second-order valence-electron chi connectivity index (χ2n) is 8.96. The van der Waals surface area contributed by atoms with Gasteiger partial charge in [0.05, 0.1) is 18.2 Å². The van der Waals surface area contributed by atoms with Gasteiger partial charge in [0, 0.05) is 0 Å². The lowest BCUT2D eigenvalue weighted by Crippen LogP contribution is -2.61. The van der Waals surface area contributed by atoms with Crippen molar-refractivity contribution in [2.75, 3.05) is 0 Å². The highest BCUT2D eigenvalue weighted by Crippen LogP contribution is 2.12. The van der Waals surface area contributed by atoms with Crippen molar-refractivity contribution in [3.63, 3.8) is 0 Å².